The molecule has 0 N–H and O–H groups in total. The molecule has 2 unspecified atom stereocenters. The van der Waals surface area contributed by atoms with Crippen LogP contribution in [0.15, 0.2) is 0 Å². The summed E-state index contributed by atoms with van der Waals surface area (Å²) in [5.41, 5.74) is 0. The molecule has 1 heteroatoms. The van der Waals surface area contributed by atoms with Crippen LogP contribution in [0.1, 0.15) is 26.2 Å². The lowest BCUT2D eigenvalue weighted by molar-refractivity contribution is 0.167. The van der Waals surface area contributed by atoms with Crippen molar-refractivity contribution < 1.29 is 4.74 Å². The van der Waals surface area contributed by atoms with Crippen molar-refractivity contribution in [3.63, 3.8) is 0 Å². The lowest BCUT2D eigenvalue weighted by Crippen LogP contribution is -1.89. The maximum Gasteiger partial charge on any atom is 0.0604 e. The molecule has 0 saturated heterocycles. The summed E-state index contributed by atoms with van der Waals surface area (Å²) in [5.74, 6) is 0.907. The predicted octanol–water partition coefficient (Wildman–Crippen LogP) is 1.82. The van der Waals surface area contributed by atoms with E-state index in [2.05, 4.69) is 6.92 Å². The Morgan fingerprint density at radius 3 is 2.75 bits per heavy atom. The van der Waals surface area contributed by atoms with Crippen molar-refractivity contribution in [2.75, 3.05) is 7.11 Å². The van der Waals surface area contributed by atoms with E-state index in [1.54, 1.807) is 7.11 Å². The number of hydrogen-bond donors (Lipinski definition) is 0. The molecule has 1 aliphatic carbocycles. The number of methoxy groups -OCH3 is 1. The number of hydrogen-bond acceptors (Lipinski definition) is 1. The van der Waals surface area contributed by atoms with Crippen LogP contribution in [0.2, 0.25) is 0 Å². The Hall–Kier alpha value is -0.0400. The summed E-state index contributed by atoms with van der Waals surface area (Å²) in [6, 6.07) is 0. The van der Waals surface area contributed by atoms with Crippen LogP contribution in [0.5, 0.6) is 0 Å². The maximum atomic E-state index is 5.13. The number of ether oxygens (including phenoxy) is 1. The van der Waals surface area contributed by atoms with Gasteiger partial charge in [-0.05, 0) is 18.8 Å². The first-order valence-corrected chi connectivity index (χ1v) is 3.41. The third-order valence-electron chi connectivity index (χ3n) is 1.82. The minimum Gasteiger partial charge on any atom is -0.381 e. The Morgan fingerprint density at radius 2 is 2.38 bits per heavy atom. The van der Waals surface area contributed by atoms with Gasteiger partial charge >= 0.3 is 0 Å². The molecule has 0 aliphatic heterocycles. The van der Waals surface area contributed by atoms with Gasteiger partial charge in [-0.1, -0.05) is 13.3 Å². The first-order valence-electron chi connectivity index (χ1n) is 3.41. The predicted molar refractivity (Wildman–Crippen MR) is 33.8 cm³/mol. The first kappa shape index (κ1) is 6.09. The van der Waals surface area contributed by atoms with Gasteiger partial charge in [0.15, 0.2) is 0 Å². The molecule has 0 spiro atoms. The van der Waals surface area contributed by atoms with Crippen molar-refractivity contribution in [2.45, 2.75) is 32.3 Å². The van der Waals surface area contributed by atoms with E-state index < -0.39 is 0 Å². The van der Waals surface area contributed by atoms with Gasteiger partial charge in [0.2, 0.25) is 0 Å². The SMILES string of the molecule is CCCC1CC1OC. The summed E-state index contributed by atoms with van der Waals surface area (Å²) in [6.45, 7) is 2.23. The summed E-state index contributed by atoms with van der Waals surface area (Å²) < 4.78 is 5.13. The van der Waals surface area contributed by atoms with Crippen LogP contribution in [0.4, 0.5) is 0 Å². The van der Waals surface area contributed by atoms with Gasteiger partial charge in [-0.3, -0.25) is 0 Å². The maximum absolute atomic E-state index is 5.13. The van der Waals surface area contributed by atoms with Gasteiger partial charge in [-0.15, -0.1) is 0 Å². The molecule has 1 saturated carbocycles. The molecular formula is C7H14O. The topological polar surface area (TPSA) is 9.23 Å². The summed E-state index contributed by atoms with van der Waals surface area (Å²) in [5, 5.41) is 0. The van der Waals surface area contributed by atoms with Crippen LogP contribution in [-0.4, -0.2) is 13.2 Å². The molecule has 48 valence electrons. The Labute approximate surface area is 51.0 Å². The van der Waals surface area contributed by atoms with Crippen molar-refractivity contribution in [3.8, 4) is 0 Å². The van der Waals surface area contributed by atoms with E-state index in [1.807, 2.05) is 0 Å². The quantitative estimate of drug-likeness (QED) is 0.543. The summed E-state index contributed by atoms with van der Waals surface area (Å²) in [7, 11) is 1.81. The summed E-state index contributed by atoms with van der Waals surface area (Å²) in [6.07, 6.45) is 4.60. The normalized spacial score (nSPS) is 35.2. The second kappa shape index (κ2) is 2.49. The Kier molecular flexibility index (Phi) is 1.90. The van der Waals surface area contributed by atoms with Gasteiger partial charge in [0.25, 0.3) is 0 Å². The van der Waals surface area contributed by atoms with Crippen molar-refractivity contribution in [3.05, 3.63) is 0 Å². The molecule has 0 bridgehead atoms. The van der Waals surface area contributed by atoms with E-state index in [0.29, 0.717) is 6.10 Å². The van der Waals surface area contributed by atoms with Gasteiger partial charge in [0.05, 0.1) is 6.10 Å². The lowest BCUT2D eigenvalue weighted by atomic mass is 10.2. The Balaban J connectivity index is 1.99. The van der Waals surface area contributed by atoms with E-state index in [1.165, 1.54) is 19.3 Å². The van der Waals surface area contributed by atoms with Crippen LogP contribution in [0.25, 0.3) is 0 Å². The molecular weight excluding hydrogens is 100 g/mol. The van der Waals surface area contributed by atoms with Crippen molar-refractivity contribution >= 4 is 0 Å². The average molecular weight is 114 g/mol. The monoisotopic (exact) mass is 114 g/mol. The number of rotatable bonds is 3. The zero-order valence-corrected chi connectivity index (χ0v) is 5.68. The van der Waals surface area contributed by atoms with Crippen LogP contribution in [0.3, 0.4) is 0 Å². The third kappa shape index (κ3) is 1.22. The average Bonchev–Trinajstić information content (AvgIpc) is 2.48. The molecule has 0 aromatic carbocycles. The first-order chi connectivity index (χ1) is 3.88. The van der Waals surface area contributed by atoms with Crippen molar-refractivity contribution in [1.82, 2.24) is 0 Å². The molecule has 2 atom stereocenters. The van der Waals surface area contributed by atoms with E-state index in [4.69, 9.17) is 4.74 Å². The Morgan fingerprint density at radius 1 is 1.62 bits per heavy atom. The second-order valence-electron chi connectivity index (χ2n) is 2.56. The third-order valence-corrected chi connectivity index (χ3v) is 1.82. The van der Waals surface area contributed by atoms with Crippen LogP contribution >= 0.6 is 0 Å². The standard InChI is InChI=1S/C7H14O/c1-3-4-6-5-7(6)8-2/h6-7H,3-5H2,1-2H3. The lowest BCUT2D eigenvalue weighted by Gasteiger charge is -1.91. The summed E-state index contributed by atoms with van der Waals surface area (Å²) >= 11 is 0. The highest BCUT2D eigenvalue weighted by Gasteiger charge is 2.35. The molecule has 1 nitrogen and oxygen atoms in total. The minimum absolute atomic E-state index is 0.620. The van der Waals surface area contributed by atoms with E-state index in [0.717, 1.165) is 5.92 Å². The second-order valence-corrected chi connectivity index (χ2v) is 2.56. The fraction of sp³-hybridized carbons (Fsp3) is 1.00. The molecule has 1 rings (SSSR count). The highest BCUT2D eigenvalue weighted by molar-refractivity contribution is 4.86. The molecule has 0 heterocycles. The summed E-state index contributed by atoms with van der Waals surface area (Å²) in [4.78, 5) is 0. The molecule has 0 aromatic rings. The Bertz CT molecular complexity index is 70.8. The zero-order chi connectivity index (χ0) is 5.98. The molecule has 1 fully saturated rings. The van der Waals surface area contributed by atoms with Crippen LogP contribution < -0.4 is 0 Å². The highest BCUT2D eigenvalue weighted by Crippen LogP contribution is 2.36. The fourth-order valence-corrected chi connectivity index (χ4v) is 1.18. The van der Waals surface area contributed by atoms with Crippen molar-refractivity contribution in [2.24, 2.45) is 5.92 Å². The molecule has 8 heavy (non-hydrogen) atoms. The smallest absolute Gasteiger partial charge is 0.0604 e. The van der Waals surface area contributed by atoms with Crippen LogP contribution in [0, 0.1) is 5.92 Å². The molecule has 1 aliphatic rings. The molecule has 0 radical (unpaired) electrons. The highest BCUT2D eigenvalue weighted by atomic mass is 16.5. The van der Waals surface area contributed by atoms with Gasteiger partial charge in [0.1, 0.15) is 0 Å². The van der Waals surface area contributed by atoms with Gasteiger partial charge in [-0.2, -0.15) is 0 Å². The minimum atomic E-state index is 0.620. The van der Waals surface area contributed by atoms with Gasteiger partial charge in [-0.25, -0.2) is 0 Å². The van der Waals surface area contributed by atoms with E-state index in [9.17, 15) is 0 Å². The zero-order valence-electron chi connectivity index (χ0n) is 5.68. The van der Waals surface area contributed by atoms with Gasteiger partial charge in [0, 0.05) is 7.11 Å². The van der Waals surface area contributed by atoms with Crippen molar-refractivity contribution in [1.29, 1.82) is 0 Å². The fourth-order valence-electron chi connectivity index (χ4n) is 1.18. The molecule has 0 aromatic heterocycles. The van der Waals surface area contributed by atoms with E-state index in [-0.39, 0.29) is 0 Å². The van der Waals surface area contributed by atoms with Gasteiger partial charge < -0.3 is 4.74 Å². The molecule has 0 amide bonds. The largest absolute Gasteiger partial charge is 0.381 e. The van der Waals surface area contributed by atoms with E-state index >= 15 is 0 Å². The van der Waals surface area contributed by atoms with Crippen LogP contribution in [-0.2, 0) is 4.74 Å².